The predicted molar refractivity (Wildman–Crippen MR) is 101 cm³/mol. The van der Waals surface area contributed by atoms with E-state index < -0.39 is 6.10 Å². The van der Waals surface area contributed by atoms with Crippen molar-refractivity contribution in [3.63, 3.8) is 0 Å². The molecule has 136 valence electrons. The van der Waals surface area contributed by atoms with Crippen LogP contribution in [0.2, 0.25) is 5.02 Å². The average molecular weight is 374 g/mol. The van der Waals surface area contributed by atoms with E-state index >= 15 is 0 Å². The zero-order valence-corrected chi connectivity index (χ0v) is 15.6. The first kappa shape index (κ1) is 18.3. The van der Waals surface area contributed by atoms with Gasteiger partial charge in [0, 0.05) is 28.6 Å². The number of anilines is 1. The molecule has 0 spiro atoms. The molecule has 2 aromatic rings. The van der Waals surface area contributed by atoms with Crippen molar-refractivity contribution >= 4 is 29.0 Å². The molecule has 0 fully saturated rings. The van der Waals surface area contributed by atoms with Crippen molar-refractivity contribution in [2.45, 2.75) is 32.8 Å². The van der Waals surface area contributed by atoms with Crippen molar-refractivity contribution in [1.82, 2.24) is 0 Å². The standard InChI is InChI=1S/C20H20ClNO4/c1-11-9-16(19(25-3)10-15(11)21)22-20(24)12(2)26-18-6-4-5-13-14(18)7-8-17(13)23/h4-6,9-10,12H,7-8H2,1-3H3,(H,22,24)/t12-/m0/s1. The number of fused-ring (bicyclic) bond motifs is 1. The van der Waals surface area contributed by atoms with Gasteiger partial charge >= 0.3 is 0 Å². The van der Waals surface area contributed by atoms with Gasteiger partial charge < -0.3 is 14.8 Å². The summed E-state index contributed by atoms with van der Waals surface area (Å²) in [5.41, 5.74) is 2.92. The van der Waals surface area contributed by atoms with Crippen molar-refractivity contribution in [1.29, 1.82) is 0 Å². The largest absolute Gasteiger partial charge is 0.495 e. The smallest absolute Gasteiger partial charge is 0.265 e. The SMILES string of the molecule is COc1cc(Cl)c(C)cc1NC(=O)[C@H](C)Oc1cccc2c1CCC2=O. The third-order valence-corrected chi connectivity index (χ3v) is 4.85. The maximum atomic E-state index is 12.6. The molecule has 6 heteroatoms. The average Bonchev–Trinajstić information content (AvgIpc) is 3.00. The lowest BCUT2D eigenvalue weighted by Gasteiger charge is -2.18. The second-order valence-corrected chi connectivity index (χ2v) is 6.66. The molecular weight excluding hydrogens is 354 g/mol. The number of hydrogen-bond acceptors (Lipinski definition) is 4. The summed E-state index contributed by atoms with van der Waals surface area (Å²) >= 11 is 6.09. The number of rotatable bonds is 5. The van der Waals surface area contributed by atoms with E-state index in [1.54, 1.807) is 37.3 Å². The Labute approximate surface area is 157 Å². The molecule has 26 heavy (non-hydrogen) atoms. The first-order valence-electron chi connectivity index (χ1n) is 8.37. The molecule has 5 nitrogen and oxygen atoms in total. The Hall–Kier alpha value is -2.53. The minimum Gasteiger partial charge on any atom is -0.495 e. The van der Waals surface area contributed by atoms with Gasteiger partial charge in [0.25, 0.3) is 5.91 Å². The van der Waals surface area contributed by atoms with Gasteiger partial charge in [-0.2, -0.15) is 0 Å². The Morgan fingerprint density at radius 3 is 2.73 bits per heavy atom. The quantitative estimate of drug-likeness (QED) is 0.853. The maximum Gasteiger partial charge on any atom is 0.265 e. The molecule has 2 aromatic carbocycles. The highest BCUT2D eigenvalue weighted by Gasteiger charge is 2.25. The fourth-order valence-corrected chi connectivity index (χ4v) is 3.13. The summed E-state index contributed by atoms with van der Waals surface area (Å²) in [4.78, 5) is 24.4. The van der Waals surface area contributed by atoms with E-state index in [4.69, 9.17) is 21.1 Å². The first-order valence-corrected chi connectivity index (χ1v) is 8.75. The van der Waals surface area contributed by atoms with Gasteiger partial charge in [0.1, 0.15) is 11.5 Å². The molecule has 1 amide bonds. The fraction of sp³-hybridized carbons (Fsp3) is 0.300. The molecule has 1 aliphatic rings. The number of hydrogen-bond donors (Lipinski definition) is 1. The van der Waals surface area contributed by atoms with Crippen LogP contribution in [0.5, 0.6) is 11.5 Å². The van der Waals surface area contributed by atoms with Gasteiger partial charge in [-0.05, 0) is 38.0 Å². The van der Waals surface area contributed by atoms with E-state index in [9.17, 15) is 9.59 Å². The van der Waals surface area contributed by atoms with E-state index in [1.807, 2.05) is 6.92 Å². The number of ketones is 1. The zero-order chi connectivity index (χ0) is 18.8. The Balaban J connectivity index is 1.76. The third-order valence-electron chi connectivity index (χ3n) is 4.45. The Bertz CT molecular complexity index is 878. The van der Waals surface area contributed by atoms with Crippen molar-refractivity contribution in [3.8, 4) is 11.5 Å². The van der Waals surface area contributed by atoms with E-state index in [1.165, 1.54) is 7.11 Å². The van der Waals surface area contributed by atoms with Crippen LogP contribution in [0, 0.1) is 6.92 Å². The lowest BCUT2D eigenvalue weighted by molar-refractivity contribution is -0.122. The maximum absolute atomic E-state index is 12.6. The topological polar surface area (TPSA) is 64.6 Å². The Morgan fingerprint density at radius 1 is 1.23 bits per heavy atom. The molecule has 0 unspecified atom stereocenters. The number of Topliss-reactive ketones (excluding diaryl/α,β-unsaturated/α-hetero) is 1. The molecule has 0 radical (unpaired) electrons. The highest BCUT2D eigenvalue weighted by atomic mass is 35.5. The molecule has 0 saturated heterocycles. The van der Waals surface area contributed by atoms with Gasteiger partial charge in [-0.3, -0.25) is 9.59 Å². The minimum absolute atomic E-state index is 0.115. The Kier molecular flexibility index (Phi) is 5.18. The van der Waals surface area contributed by atoms with Crippen molar-refractivity contribution < 1.29 is 19.1 Å². The van der Waals surface area contributed by atoms with Crippen LogP contribution in [0.3, 0.4) is 0 Å². The highest BCUT2D eigenvalue weighted by molar-refractivity contribution is 6.31. The van der Waals surface area contributed by atoms with Crippen molar-refractivity contribution in [2.75, 3.05) is 12.4 Å². The molecule has 1 aliphatic carbocycles. The second-order valence-electron chi connectivity index (χ2n) is 6.26. The number of aryl methyl sites for hydroxylation is 1. The number of ether oxygens (including phenoxy) is 2. The van der Waals surface area contributed by atoms with E-state index in [0.717, 1.165) is 11.1 Å². The summed E-state index contributed by atoms with van der Waals surface area (Å²) in [5.74, 6) is 0.860. The van der Waals surface area contributed by atoms with Crippen molar-refractivity contribution in [3.05, 3.63) is 52.0 Å². The van der Waals surface area contributed by atoms with Gasteiger partial charge in [0.2, 0.25) is 0 Å². The van der Waals surface area contributed by atoms with Crippen molar-refractivity contribution in [2.24, 2.45) is 0 Å². The van der Waals surface area contributed by atoms with Crippen LogP contribution in [0.25, 0.3) is 0 Å². The van der Waals surface area contributed by atoms with Gasteiger partial charge in [0.15, 0.2) is 11.9 Å². The molecule has 0 bridgehead atoms. The summed E-state index contributed by atoms with van der Waals surface area (Å²) < 4.78 is 11.1. The summed E-state index contributed by atoms with van der Waals surface area (Å²) in [6, 6.07) is 8.77. The minimum atomic E-state index is -0.738. The monoisotopic (exact) mass is 373 g/mol. The molecule has 0 aliphatic heterocycles. The van der Waals surface area contributed by atoms with Crippen LogP contribution in [-0.4, -0.2) is 24.9 Å². The van der Waals surface area contributed by atoms with Crippen LogP contribution in [0.4, 0.5) is 5.69 Å². The lowest BCUT2D eigenvalue weighted by atomic mass is 10.1. The zero-order valence-electron chi connectivity index (χ0n) is 14.9. The summed E-state index contributed by atoms with van der Waals surface area (Å²) in [6.45, 7) is 3.52. The molecule has 0 saturated carbocycles. The molecule has 0 aromatic heterocycles. The van der Waals surface area contributed by atoms with Gasteiger partial charge in [-0.25, -0.2) is 0 Å². The van der Waals surface area contributed by atoms with Crippen LogP contribution in [0.15, 0.2) is 30.3 Å². The fourth-order valence-electron chi connectivity index (χ4n) is 2.98. The molecular formula is C20H20ClNO4. The number of benzene rings is 2. The number of carbonyl (C=O) groups is 2. The molecule has 1 N–H and O–H groups in total. The van der Waals surface area contributed by atoms with Crippen LogP contribution in [0.1, 0.15) is 34.8 Å². The normalized spacial score (nSPS) is 13.9. The highest BCUT2D eigenvalue weighted by Crippen LogP contribution is 2.33. The number of nitrogens with one attached hydrogen (secondary N) is 1. The molecule has 1 atom stereocenters. The van der Waals surface area contributed by atoms with Gasteiger partial charge in [-0.1, -0.05) is 23.7 Å². The van der Waals surface area contributed by atoms with Gasteiger partial charge in [-0.15, -0.1) is 0 Å². The third kappa shape index (κ3) is 3.53. The Morgan fingerprint density at radius 2 is 2.00 bits per heavy atom. The first-order chi connectivity index (χ1) is 12.4. The summed E-state index contributed by atoms with van der Waals surface area (Å²) in [5, 5.41) is 3.38. The van der Waals surface area contributed by atoms with Gasteiger partial charge in [0.05, 0.1) is 12.8 Å². The molecule has 3 rings (SSSR count). The number of carbonyl (C=O) groups excluding carboxylic acids is 2. The number of methoxy groups -OCH3 is 1. The molecule has 0 heterocycles. The van der Waals surface area contributed by atoms with Crippen LogP contribution in [-0.2, 0) is 11.2 Å². The van der Waals surface area contributed by atoms with Crippen LogP contribution >= 0.6 is 11.6 Å². The van der Waals surface area contributed by atoms with Crippen LogP contribution < -0.4 is 14.8 Å². The van der Waals surface area contributed by atoms with E-state index in [-0.39, 0.29) is 11.7 Å². The predicted octanol–water partition coefficient (Wildman–Crippen LogP) is 4.19. The van der Waals surface area contributed by atoms with E-state index in [0.29, 0.717) is 40.6 Å². The summed E-state index contributed by atoms with van der Waals surface area (Å²) in [6.07, 6.45) is 0.387. The second kappa shape index (κ2) is 7.38. The number of halogens is 1. The summed E-state index contributed by atoms with van der Waals surface area (Å²) in [7, 11) is 1.51. The van der Waals surface area contributed by atoms with E-state index in [2.05, 4.69) is 5.32 Å². The lowest BCUT2D eigenvalue weighted by Crippen LogP contribution is -2.30. The number of amides is 1.